The maximum Gasteiger partial charge on any atom is 1.00 e. The first-order valence-electron chi connectivity index (χ1n) is 3.69. The molecule has 0 bridgehead atoms. The van der Waals surface area contributed by atoms with Crippen molar-refractivity contribution in [1.29, 1.82) is 0 Å². The normalized spacial score (nSPS) is 12.0. The van der Waals surface area contributed by atoms with E-state index in [1.165, 1.54) is 0 Å². The van der Waals surface area contributed by atoms with Crippen molar-refractivity contribution in [2.24, 2.45) is 0 Å². The van der Waals surface area contributed by atoms with Crippen LogP contribution in [0.2, 0.25) is 0 Å². The Bertz CT molecular complexity index is 409. The van der Waals surface area contributed by atoms with Gasteiger partial charge in [0.1, 0.15) is 10.1 Å². The van der Waals surface area contributed by atoms with Gasteiger partial charge in [0, 0.05) is 5.41 Å². The first-order valence-corrected chi connectivity index (χ1v) is 5.16. The maximum atomic E-state index is 10.4. The molecule has 0 atom stereocenters. The van der Waals surface area contributed by atoms with E-state index in [2.05, 4.69) is 0 Å². The summed E-state index contributed by atoms with van der Waals surface area (Å²) in [4.78, 5) is 0. The topological polar surface area (TPSA) is 57.2 Å². The Morgan fingerprint density at radius 1 is 1.29 bits per heavy atom. The van der Waals surface area contributed by atoms with Crippen LogP contribution in [-0.2, 0) is 10.1 Å². The Morgan fingerprint density at radius 2 is 1.79 bits per heavy atom. The van der Waals surface area contributed by atoms with E-state index in [0.717, 1.165) is 11.0 Å². The van der Waals surface area contributed by atoms with Gasteiger partial charge in [-0.2, -0.15) is 0 Å². The van der Waals surface area contributed by atoms with E-state index in [1.54, 1.807) is 31.2 Å². The van der Waals surface area contributed by atoms with Gasteiger partial charge in [-0.1, -0.05) is 30.3 Å². The van der Waals surface area contributed by atoms with Crippen LogP contribution in [0.3, 0.4) is 0 Å². The molecule has 0 unspecified atom stereocenters. The van der Waals surface area contributed by atoms with E-state index in [9.17, 15) is 13.0 Å². The number of hydrogen-bond acceptors (Lipinski definition) is 3. The average molecular weight is 236 g/mol. The molecule has 0 spiro atoms. The first-order chi connectivity index (χ1) is 5.99. The van der Waals surface area contributed by atoms with Crippen molar-refractivity contribution < 1.29 is 64.4 Å². The van der Waals surface area contributed by atoms with Crippen molar-refractivity contribution >= 4 is 15.7 Å². The number of benzene rings is 1. The second-order valence-electron chi connectivity index (χ2n) is 2.66. The monoisotopic (exact) mass is 236 g/mol. The summed E-state index contributed by atoms with van der Waals surface area (Å²) in [6, 6.07) is 8.88. The Morgan fingerprint density at radius 3 is 2.21 bits per heavy atom. The molecule has 0 aliphatic carbocycles. The van der Waals surface area contributed by atoms with Crippen LogP contribution < -0.4 is 51.4 Å². The fraction of sp³-hybridized carbons (Fsp3) is 0.111. The third kappa shape index (κ3) is 5.40. The molecule has 0 N–H and O–H groups in total. The summed E-state index contributed by atoms with van der Waals surface area (Å²) in [5.41, 5.74) is 1.19. The molecule has 0 aromatic heterocycles. The van der Waals surface area contributed by atoms with Crippen molar-refractivity contribution in [2.75, 3.05) is 0 Å². The number of hydrogen-bond donors (Lipinski definition) is 0. The van der Waals surface area contributed by atoms with Crippen molar-refractivity contribution in [3.05, 3.63) is 41.3 Å². The average Bonchev–Trinajstić information content (AvgIpc) is 2.03. The third-order valence-electron chi connectivity index (χ3n) is 1.55. The molecule has 1 aromatic carbocycles. The molecule has 0 saturated heterocycles. The van der Waals surface area contributed by atoms with E-state index in [4.69, 9.17) is 0 Å². The zero-order valence-corrected chi connectivity index (χ0v) is 12.0. The van der Waals surface area contributed by atoms with Crippen molar-refractivity contribution in [1.82, 2.24) is 0 Å². The molecular weight excluding hydrogens is 227 g/mol. The summed E-state index contributed by atoms with van der Waals surface area (Å²) in [6.45, 7) is 1.59. The van der Waals surface area contributed by atoms with Gasteiger partial charge in [-0.3, -0.25) is 0 Å². The molecule has 0 aliphatic heterocycles. The molecule has 0 amide bonds. The Kier molecular flexibility index (Phi) is 6.39. The molecule has 14 heavy (non-hydrogen) atoms. The molecule has 1 rings (SSSR count). The zero-order valence-electron chi connectivity index (χ0n) is 8.10. The zero-order chi connectivity index (χ0) is 9.90. The SMILES string of the molecule is CC(=CS(=O)(=O)[O-])c1ccccc1.[K+]. The molecule has 0 fully saturated rings. The molecule has 1 aromatic rings. The summed E-state index contributed by atoms with van der Waals surface area (Å²) >= 11 is 0. The quantitative estimate of drug-likeness (QED) is 0.468. The molecule has 0 heterocycles. The van der Waals surface area contributed by atoms with E-state index >= 15 is 0 Å². The molecular formula is C9H9KO3S. The van der Waals surface area contributed by atoms with Gasteiger partial charge in [0.2, 0.25) is 0 Å². The predicted molar refractivity (Wildman–Crippen MR) is 49.8 cm³/mol. The predicted octanol–water partition coefficient (Wildman–Crippen LogP) is -1.40. The van der Waals surface area contributed by atoms with Gasteiger partial charge in [-0.25, -0.2) is 8.42 Å². The minimum Gasteiger partial charge on any atom is -0.744 e. The Balaban J connectivity index is 0.00000169. The van der Waals surface area contributed by atoms with Crippen LogP contribution in [0, 0.1) is 0 Å². The second-order valence-corrected chi connectivity index (χ2v) is 3.88. The second kappa shape index (κ2) is 6.17. The fourth-order valence-electron chi connectivity index (χ4n) is 0.986. The standard InChI is InChI=1S/C9H10O3S.K/c1-8(7-13(10,11)12)9-5-3-2-4-6-9;/h2-7H,1H3,(H,10,11,12);/q;+1/p-1. The largest absolute Gasteiger partial charge is 1.00 e. The third-order valence-corrected chi connectivity index (χ3v) is 2.19. The van der Waals surface area contributed by atoms with E-state index in [-0.39, 0.29) is 51.4 Å². The van der Waals surface area contributed by atoms with Gasteiger partial charge < -0.3 is 4.55 Å². The molecule has 0 radical (unpaired) electrons. The molecule has 70 valence electrons. The van der Waals surface area contributed by atoms with E-state index < -0.39 is 10.1 Å². The summed E-state index contributed by atoms with van der Waals surface area (Å²) in [5.74, 6) is 0. The molecule has 0 aliphatic rings. The van der Waals surface area contributed by atoms with Crippen molar-refractivity contribution in [3.63, 3.8) is 0 Å². The van der Waals surface area contributed by atoms with E-state index in [1.807, 2.05) is 6.07 Å². The van der Waals surface area contributed by atoms with Crippen LogP contribution >= 0.6 is 0 Å². The first kappa shape index (κ1) is 14.5. The summed E-state index contributed by atoms with van der Waals surface area (Å²) in [7, 11) is -4.28. The summed E-state index contributed by atoms with van der Waals surface area (Å²) < 4.78 is 31.1. The van der Waals surface area contributed by atoms with Crippen LogP contribution in [-0.4, -0.2) is 13.0 Å². The number of rotatable bonds is 2. The van der Waals surface area contributed by atoms with E-state index in [0.29, 0.717) is 5.57 Å². The Hall–Kier alpha value is 0.506. The minimum atomic E-state index is -4.28. The summed E-state index contributed by atoms with van der Waals surface area (Å²) in [6.07, 6.45) is 0. The minimum absolute atomic E-state index is 0. The molecule has 3 nitrogen and oxygen atoms in total. The van der Waals surface area contributed by atoms with Crippen LogP contribution in [0.4, 0.5) is 0 Å². The van der Waals surface area contributed by atoms with Crippen molar-refractivity contribution in [2.45, 2.75) is 6.92 Å². The van der Waals surface area contributed by atoms with Crippen LogP contribution in [0.25, 0.3) is 5.57 Å². The van der Waals surface area contributed by atoms with Crippen molar-refractivity contribution in [3.8, 4) is 0 Å². The van der Waals surface area contributed by atoms with Crippen LogP contribution in [0.1, 0.15) is 12.5 Å². The number of allylic oxidation sites excluding steroid dienone is 1. The fourth-order valence-corrected chi connectivity index (χ4v) is 1.55. The van der Waals surface area contributed by atoms with Gasteiger partial charge in [0.25, 0.3) is 0 Å². The van der Waals surface area contributed by atoms with Gasteiger partial charge >= 0.3 is 51.4 Å². The van der Waals surface area contributed by atoms with Gasteiger partial charge in [0.15, 0.2) is 0 Å². The molecule has 5 heteroatoms. The Labute approximate surface area is 126 Å². The maximum absolute atomic E-state index is 10.4. The van der Waals surface area contributed by atoms with Crippen LogP contribution in [0.5, 0.6) is 0 Å². The van der Waals surface area contributed by atoms with Gasteiger partial charge in [-0.05, 0) is 18.1 Å². The van der Waals surface area contributed by atoms with Crippen LogP contribution in [0.15, 0.2) is 35.7 Å². The van der Waals surface area contributed by atoms with Gasteiger partial charge in [-0.15, -0.1) is 0 Å². The molecule has 0 saturated carbocycles. The smallest absolute Gasteiger partial charge is 0.744 e. The van der Waals surface area contributed by atoms with Gasteiger partial charge in [0.05, 0.1) is 0 Å². The summed E-state index contributed by atoms with van der Waals surface area (Å²) in [5, 5.41) is 0.725.